The maximum absolute atomic E-state index is 11.5. The number of nitrogens with one attached hydrogen (secondary N) is 1. The molecule has 0 aliphatic heterocycles. The number of hydrogen-bond donors (Lipinski definition) is 4. The van der Waals surface area contributed by atoms with Crippen LogP contribution in [0.3, 0.4) is 0 Å². The first-order valence-corrected chi connectivity index (χ1v) is 5.40. The molecule has 1 rings (SSSR count). The Morgan fingerprint density at radius 3 is 2.53 bits per heavy atom. The predicted molar refractivity (Wildman–Crippen MR) is 64.8 cm³/mol. The Bertz CT molecular complexity index is 486. The van der Waals surface area contributed by atoms with Gasteiger partial charge in [-0.1, -0.05) is 6.07 Å². The molecule has 19 heavy (non-hydrogen) atoms. The van der Waals surface area contributed by atoms with Crippen LogP contribution >= 0.6 is 0 Å². The first-order valence-electron chi connectivity index (χ1n) is 5.40. The number of nitrogens with two attached hydrogens (primary N) is 2. The highest BCUT2D eigenvalue weighted by Gasteiger charge is 2.15. The van der Waals surface area contributed by atoms with Gasteiger partial charge in [-0.3, -0.25) is 9.59 Å². The summed E-state index contributed by atoms with van der Waals surface area (Å²) in [5.74, 6) is -2.30. The fraction of sp³-hybridized carbons (Fsp3) is 0.273. The summed E-state index contributed by atoms with van der Waals surface area (Å²) >= 11 is 0. The van der Waals surface area contributed by atoms with Crippen molar-refractivity contribution in [2.45, 2.75) is 19.0 Å². The largest absolute Gasteiger partial charge is 0.477 e. The van der Waals surface area contributed by atoms with Crippen LogP contribution in [0.1, 0.15) is 22.5 Å². The highest BCUT2D eigenvalue weighted by Crippen LogP contribution is 2.00. The Morgan fingerprint density at radius 2 is 2.05 bits per heavy atom. The average molecular weight is 266 g/mol. The van der Waals surface area contributed by atoms with Gasteiger partial charge in [0.05, 0.1) is 12.5 Å². The van der Waals surface area contributed by atoms with Crippen LogP contribution in [0.2, 0.25) is 0 Å². The molecule has 1 unspecified atom stereocenters. The molecule has 6 N–H and O–H groups in total. The lowest BCUT2D eigenvalue weighted by atomic mass is 10.2. The number of primary amides is 1. The summed E-state index contributed by atoms with van der Waals surface area (Å²) in [5.41, 5.74) is 10.9. The number of hydrogen-bond acceptors (Lipinski definition) is 5. The minimum absolute atomic E-state index is 0.0829. The summed E-state index contributed by atoms with van der Waals surface area (Å²) in [6.07, 6.45) is 1.10. The number of carboxylic acids is 1. The van der Waals surface area contributed by atoms with Crippen LogP contribution in [0.15, 0.2) is 18.3 Å². The molecule has 0 aliphatic rings. The average Bonchev–Trinajstić information content (AvgIpc) is 2.35. The molecule has 1 atom stereocenters. The Morgan fingerprint density at radius 1 is 1.37 bits per heavy atom. The standard InChI is InChI=1S/C11H14N4O4/c12-7(3-9(13)16)10(17)15-5-6-1-2-8(11(18)19)14-4-6/h1-2,4,7H,3,5,12H2,(H2,13,16)(H,15,17)(H,18,19). The molecular formula is C11H14N4O4. The third-order valence-corrected chi connectivity index (χ3v) is 2.27. The second kappa shape index (κ2) is 6.45. The summed E-state index contributed by atoms with van der Waals surface area (Å²) in [5, 5.41) is 11.2. The van der Waals surface area contributed by atoms with E-state index in [2.05, 4.69) is 10.3 Å². The van der Waals surface area contributed by atoms with E-state index in [4.69, 9.17) is 16.6 Å². The van der Waals surface area contributed by atoms with Crippen molar-refractivity contribution >= 4 is 17.8 Å². The van der Waals surface area contributed by atoms with Gasteiger partial charge < -0.3 is 21.9 Å². The van der Waals surface area contributed by atoms with E-state index in [9.17, 15) is 14.4 Å². The van der Waals surface area contributed by atoms with Gasteiger partial charge >= 0.3 is 5.97 Å². The van der Waals surface area contributed by atoms with Crippen molar-refractivity contribution in [3.05, 3.63) is 29.6 Å². The number of carbonyl (C=O) groups excluding carboxylic acids is 2. The zero-order valence-electron chi connectivity index (χ0n) is 10.00. The molecule has 8 nitrogen and oxygen atoms in total. The normalized spacial score (nSPS) is 11.6. The predicted octanol–water partition coefficient (Wildman–Crippen LogP) is -1.40. The minimum Gasteiger partial charge on any atom is -0.477 e. The molecule has 8 heteroatoms. The Labute approximate surface area is 108 Å². The lowest BCUT2D eigenvalue weighted by Crippen LogP contribution is -2.42. The monoisotopic (exact) mass is 266 g/mol. The van der Waals surface area contributed by atoms with Crippen molar-refractivity contribution in [3.63, 3.8) is 0 Å². The summed E-state index contributed by atoms with van der Waals surface area (Å²) in [6, 6.07) is 1.85. The lowest BCUT2D eigenvalue weighted by molar-refractivity contribution is -0.126. The summed E-state index contributed by atoms with van der Waals surface area (Å²) in [4.78, 5) is 36.3. The van der Waals surface area contributed by atoms with Gasteiger partial charge in [0.25, 0.3) is 0 Å². The van der Waals surface area contributed by atoms with E-state index in [1.807, 2.05) is 0 Å². The number of amides is 2. The van der Waals surface area contributed by atoms with Gasteiger partial charge in [0.2, 0.25) is 11.8 Å². The van der Waals surface area contributed by atoms with E-state index in [0.29, 0.717) is 5.56 Å². The molecule has 1 heterocycles. The maximum Gasteiger partial charge on any atom is 0.354 e. The first kappa shape index (κ1) is 14.6. The molecule has 2 amide bonds. The Hall–Kier alpha value is -2.48. The van der Waals surface area contributed by atoms with Crippen molar-refractivity contribution in [2.24, 2.45) is 11.5 Å². The molecule has 0 bridgehead atoms. The second-order valence-electron chi connectivity index (χ2n) is 3.85. The number of rotatable bonds is 6. The number of nitrogens with zero attached hydrogens (tertiary/aromatic N) is 1. The van der Waals surface area contributed by atoms with Gasteiger partial charge in [0.15, 0.2) is 0 Å². The van der Waals surface area contributed by atoms with Crippen molar-refractivity contribution in [1.29, 1.82) is 0 Å². The van der Waals surface area contributed by atoms with Crippen molar-refractivity contribution in [2.75, 3.05) is 0 Å². The second-order valence-corrected chi connectivity index (χ2v) is 3.85. The van der Waals surface area contributed by atoms with E-state index in [0.717, 1.165) is 0 Å². The summed E-state index contributed by atoms with van der Waals surface area (Å²) in [6.45, 7) is 0.137. The Balaban J connectivity index is 2.50. The first-order chi connectivity index (χ1) is 8.90. The van der Waals surface area contributed by atoms with E-state index in [-0.39, 0.29) is 18.7 Å². The molecule has 0 radical (unpaired) electrons. The number of pyridine rings is 1. The van der Waals surface area contributed by atoms with Gasteiger partial charge in [-0.2, -0.15) is 0 Å². The number of aromatic carboxylic acids is 1. The van der Waals surface area contributed by atoms with Crippen LogP contribution in [0.25, 0.3) is 0 Å². The van der Waals surface area contributed by atoms with E-state index in [1.54, 1.807) is 0 Å². The van der Waals surface area contributed by atoms with Crippen LogP contribution < -0.4 is 16.8 Å². The van der Waals surface area contributed by atoms with E-state index < -0.39 is 23.8 Å². The van der Waals surface area contributed by atoms with Gasteiger partial charge in [-0.05, 0) is 11.6 Å². The molecule has 0 aromatic carbocycles. The molecule has 1 aromatic rings. The quantitative estimate of drug-likeness (QED) is 0.497. The molecule has 0 aliphatic carbocycles. The zero-order valence-corrected chi connectivity index (χ0v) is 10.00. The third-order valence-electron chi connectivity index (χ3n) is 2.27. The van der Waals surface area contributed by atoms with Crippen LogP contribution in [-0.2, 0) is 16.1 Å². The number of carboxylic acid groups (broad SMARTS) is 1. The molecule has 0 saturated heterocycles. The van der Waals surface area contributed by atoms with Crippen molar-refractivity contribution in [3.8, 4) is 0 Å². The smallest absolute Gasteiger partial charge is 0.354 e. The fourth-order valence-electron chi connectivity index (χ4n) is 1.29. The highest BCUT2D eigenvalue weighted by atomic mass is 16.4. The van der Waals surface area contributed by atoms with Crippen LogP contribution in [0.4, 0.5) is 0 Å². The van der Waals surface area contributed by atoms with Gasteiger partial charge in [-0.15, -0.1) is 0 Å². The van der Waals surface area contributed by atoms with Crippen LogP contribution in [0.5, 0.6) is 0 Å². The number of aromatic nitrogens is 1. The van der Waals surface area contributed by atoms with Gasteiger partial charge in [0, 0.05) is 12.7 Å². The zero-order chi connectivity index (χ0) is 14.4. The molecule has 102 valence electrons. The van der Waals surface area contributed by atoms with Crippen molar-refractivity contribution < 1.29 is 19.5 Å². The molecular weight excluding hydrogens is 252 g/mol. The summed E-state index contributed by atoms with van der Waals surface area (Å²) < 4.78 is 0. The maximum atomic E-state index is 11.5. The topological polar surface area (TPSA) is 148 Å². The van der Waals surface area contributed by atoms with Crippen LogP contribution in [-0.4, -0.2) is 33.9 Å². The SMILES string of the molecule is NC(=O)CC(N)C(=O)NCc1ccc(C(=O)O)nc1. The Kier molecular flexibility index (Phi) is 4.95. The molecule has 0 saturated carbocycles. The van der Waals surface area contributed by atoms with E-state index >= 15 is 0 Å². The fourth-order valence-corrected chi connectivity index (χ4v) is 1.29. The highest BCUT2D eigenvalue weighted by molar-refractivity contribution is 5.87. The van der Waals surface area contributed by atoms with Crippen molar-refractivity contribution in [1.82, 2.24) is 10.3 Å². The minimum atomic E-state index is -1.13. The summed E-state index contributed by atoms with van der Waals surface area (Å²) in [7, 11) is 0. The molecule has 0 spiro atoms. The van der Waals surface area contributed by atoms with Gasteiger partial charge in [-0.25, -0.2) is 9.78 Å². The lowest BCUT2D eigenvalue weighted by Gasteiger charge is -2.10. The third kappa shape index (κ3) is 4.72. The molecule has 1 aromatic heterocycles. The van der Waals surface area contributed by atoms with Gasteiger partial charge in [0.1, 0.15) is 5.69 Å². The number of carbonyl (C=O) groups is 3. The van der Waals surface area contributed by atoms with Crippen LogP contribution in [0, 0.1) is 0 Å². The molecule has 0 fully saturated rings. The van der Waals surface area contributed by atoms with E-state index in [1.165, 1.54) is 18.3 Å².